The summed E-state index contributed by atoms with van der Waals surface area (Å²) >= 11 is 0. The van der Waals surface area contributed by atoms with E-state index in [1.54, 1.807) is 6.92 Å². The lowest BCUT2D eigenvalue weighted by molar-refractivity contribution is -0.138. The number of hydrogen-bond donors (Lipinski definition) is 2. The van der Waals surface area contributed by atoms with Crippen LogP contribution < -0.4 is 5.32 Å². The molecule has 1 aromatic heterocycles. The van der Waals surface area contributed by atoms with Crippen LogP contribution in [0.15, 0.2) is 6.07 Å². The van der Waals surface area contributed by atoms with Gasteiger partial charge in [-0.2, -0.15) is 5.26 Å². The fourth-order valence-electron chi connectivity index (χ4n) is 3.04. The number of nitrogens with zero attached hydrogens (tertiary/aromatic N) is 2. The highest BCUT2D eigenvalue weighted by atomic mass is 16.4. The maximum absolute atomic E-state index is 11.1. The highest BCUT2D eigenvalue weighted by molar-refractivity contribution is 5.70. The lowest BCUT2D eigenvalue weighted by Crippen LogP contribution is -2.38. The summed E-state index contributed by atoms with van der Waals surface area (Å²) in [5.74, 6) is -0.805. The summed E-state index contributed by atoms with van der Waals surface area (Å²) in [5, 5.41) is 21.8. The van der Waals surface area contributed by atoms with E-state index >= 15 is 0 Å². The largest absolute Gasteiger partial charge is 0.481 e. The van der Waals surface area contributed by atoms with E-state index in [1.807, 2.05) is 13.0 Å². The molecule has 1 aromatic rings. The third-order valence-corrected chi connectivity index (χ3v) is 3.89. The standard InChI is InChI=1S/C15H19N3O2/c1-10-7-13(12(9-16)11(2)17-10)18-15(8-14(19)20)5-3-4-6-15/h7H,3-6,8H2,1-2H3,(H,17,18)(H,19,20). The van der Waals surface area contributed by atoms with Crippen molar-refractivity contribution in [1.29, 1.82) is 5.26 Å². The van der Waals surface area contributed by atoms with Crippen molar-refractivity contribution in [3.05, 3.63) is 23.0 Å². The third-order valence-electron chi connectivity index (χ3n) is 3.89. The van der Waals surface area contributed by atoms with Gasteiger partial charge < -0.3 is 10.4 Å². The van der Waals surface area contributed by atoms with E-state index in [0.29, 0.717) is 16.9 Å². The molecule has 0 atom stereocenters. The van der Waals surface area contributed by atoms with Gasteiger partial charge in [-0.3, -0.25) is 9.78 Å². The first-order valence-electron chi connectivity index (χ1n) is 6.84. The number of anilines is 1. The summed E-state index contributed by atoms with van der Waals surface area (Å²) in [7, 11) is 0. The number of nitriles is 1. The predicted octanol–water partition coefficient (Wildman–Crippen LogP) is 2.77. The topological polar surface area (TPSA) is 86.0 Å². The molecule has 20 heavy (non-hydrogen) atoms. The molecule has 0 aliphatic heterocycles. The molecular weight excluding hydrogens is 254 g/mol. The molecule has 1 aliphatic carbocycles. The van der Waals surface area contributed by atoms with Crippen LogP contribution in [0.5, 0.6) is 0 Å². The Hall–Kier alpha value is -2.09. The van der Waals surface area contributed by atoms with Crippen LogP contribution in [0.2, 0.25) is 0 Å². The number of rotatable bonds is 4. The SMILES string of the molecule is Cc1cc(NC2(CC(=O)O)CCCC2)c(C#N)c(C)n1. The maximum Gasteiger partial charge on any atom is 0.305 e. The second-order valence-corrected chi connectivity index (χ2v) is 5.57. The molecule has 0 aromatic carbocycles. The number of nitrogens with one attached hydrogen (secondary N) is 1. The van der Waals surface area contributed by atoms with E-state index in [0.717, 1.165) is 31.4 Å². The molecule has 1 fully saturated rings. The van der Waals surface area contributed by atoms with Crippen LogP contribution in [0.1, 0.15) is 49.1 Å². The number of pyridine rings is 1. The molecule has 0 unspecified atom stereocenters. The molecule has 0 radical (unpaired) electrons. The monoisotopic (exact) mass is 273 g/mol. The van der Waals surface area contributed by atoms with Gasteiger partial charge in [-0.05, 0) is 32.8 Å². The summed E-state index contributed by atoms with van der Waals surface area (Å²) in [4.78, 5) is 15.4. The fourth-order valence-corrected chi connectivity index (χ4v) is 3.04. The van der Waals surface area contributed by atoms with Gasteiger partial charge >= 0.3 is 5.97 Å². The van der Waals surface area contributed by atoms with Crippen LogP contribution in [-0.4, -0.2) is 21.6 Å². The summed E-state index contributed by atoms with van der Waals surface area (Å²) < 4.78 is 0. The zero-order valence-electron chi connectivity index (χ0n) is 11.9. The number of aryl methyl sites for hydroxylation is 2. The van der Waals surface area contributed by atoms with Crippen LogP contribution in [0.3, 0.4) is 0 Å². The number of aliphatic carboxylic acids is 1. The van der Waals surface area contributed by atoms with E-state index in [4.69, 9.17) is 5.11 Å². The minimum absolute atomic E-state index is 0.0816. The van der Waals surface area contributed by atoms with E-state index in [9.17, 15) is 10.1 Å². The predicted molar refractivity (Wildman–Crippen MR) is 75.5 cm³/mol. The zero-order valence-corrected chi connectivity index (χ0v) is 11.9. The smallest absolute Gasteiger partial charge is 0.305 e. The minimum Gasteiger partial charge on any atom is -0.481 e. The summed E-state index contributed by atoms with van der Waals surface area (Å²) in [5.41, 5.74) is 2.29. The molecule has 5 nitrogen and oxygen atoms in total. The molecule has 1 aliphatic rings. The third kappa shape index (κ3) is 2.90. The molecule has 0 spiro atoms. The first-order valence-corrected chi connectivity index (χ1v) is 6.84. The normalized spacial score (nSPS) is 16.6. The Balaban J connectivity index is 2.36. The second-order valence-electron chi connectivity index (χ2n) is 5.57. The molecule has 2 rings (SSSR count). The summed E-state index contributed by atoms with van der Waals surface area (Å²) in [6, 6.07) is 3.99. The number of hydrogen-bond acceptors (Lipinski definition) is 4. The van der Waals surface area contributed by atoms with Crippen molar-refractivity contribution in [3.63, 3.8) is 0 Å². The van der Waals surface area contributed by atoms with Crippen LogP contribution in [-0.2, 0) is 4.79 Å². The van der Waals surface area contributed by atoms with Crippen LogP contribution in [0.4, 0.5) is 5.69 Å². The van der Waals surface area contributed by atoms with Gasteiger partial charge in [0.2, 0.25) is 0 Å². The van der Waals surface area contributed by atoms with E-state index < -0.39 is 11.5 Å². The lowest BCUT2D eigenvalue weighted by Gasteiger charge is -2.30. The van der Waals surface area contributed by atoms with Gasteiger partial charge in [0.25, 0.3) is 0 Å². The Bertz CT molecular complexity index is 569. The van der Waals surface area contributed by atoms with Crippen LogP contribution in [0, 0.1) is 25.2 Å². The average Bonchev–Trinajstić information content (AvgIpc) is 2.75. The molecular formula is C15H19N3O2. The Kier molecular flexibility index (Phi) is 3.93. The summed E-state index contributed by atoms with van der Waals surface area (Å²) in [6.45, 7) is 3.67. The maximum atomic E-state index is 11.1. The van der Waals surface area contributed by atoms with Gasteiger partial charge in [-0.1, -0.05) is 12.8 Å². The number of carboxylic acid groups (broad SMARTS) is 1. The highest BCUT2D eigenvalue weighted by Crippen LogP contribution is 2.37. The van der Waals surface area contributed by atoms with E-state index in [2.05, 4.69) is 16.4 Å². The molecule has 5 heteroatoms. The van der Waals surface area contributed by atoms with Crippen molar-refractivity contribution < 1.29 is 9.90 Å². The van der Waals surface area contributed by atoms with Crippen molar-refractivity contribution in [2.45, 2.75) is 51.5 Å². The van der Waals surface area contributed by atoms with Gasteiger partial charge in [0, 0.05) is 11.2 Å². The Morgan fingerprint density at radius 1 is 1.50 bits per heavy atom. The van der Waals surface area contributed by atoms with Crippen LogP contribution in [0.25, 0.3) is 0 Å². The molecule has 0 saturated heterocycles. The summed E-state index contributed by atoms with van der Waals surface area (Å²) in [6.07, 6.45) is 3.77. The number of carbonyl (C=O) groups is 1. The molecule has 0 bridgehead atoms. The second kappa shape index (κ2) is 5.49. The van der Waals surface area contributed by atoms with Gasteiger partial charge in [-0.25, -0.2) is 0 Å². The quantitative estimate of drug-likeness (QED) is 0.881. The van der Waals surface area contributed by atoms with Gasteiger partial charge in [-0.15, -0.1) is 0 Å². The van der Waals surface area contributed by atoms with Gasteiger partial charge in [0.05, 0.1) is 23.4 Å². The first kappa shape index (κ1) is 14.3. The Morgan fingerprint density at radius 3 is 2.70 bits per heavy atom. The van der Waals surface area contributed by atoms with E-state index in [-0.39, 0.29) is 6.42 Å². The van der Waals surface area contributed by atoms with Crippen molar-refractivity contribution in [2.24, 2.45) is 0 Å². The molecule has 106 valence electrons. The molecule has 0 amide bonds. The molecule has 2 N–H and O–H groups in total. The van der Waals surface area contributed by atoms with Crippen LogP contribution >= 0.6 is 0 Å². The van der Waals surface area contributed by atoms with E-state index in [1.165, 1.54) is 0 Å². The van der Waals surface area contributed by atoms with Crippen molar-refractivity contribution in [1.82, 2.24) is 4.98 Å². The zero-order chi connectivity index (χ0) is 14.8. The van der Waals surface area contributed by atoms with Crippen molar-refractivity contribution in [2.75, 3.05) is 5.32 Å². The minimum atomic E-state index is -0.805. The molecule has 1 heterocycles. The lowest BCUT2D eigenvalue weighted by atomic mass is 9.92. The first-order chi connectivity index (χ1) is 9.46. The molecule has 1 saturated carbocycles. The Labute approximate surface area is 118 Å². The Morgan fingerprint density at radius 2 is 2.15 bits per heavy atom. The van der Waals surface area contributed by atoms with Crippen molar-refractivity contribution >= 4 is 11.7 Å². The van der Waals surface area contributed by atoms with Gasteiger partial charge in [0.1, 0.15) is 6.07 Å². The van der Waals surface area contributed by atoms with Gasteiger partial charge in [0.15, 0.2) is 0 Å². The highest BCUT2D eigenvalue weighted by Gasteiger charge is 2.36. The number of aromatic nitrogens is 1. The average molecular weight is 273 g/mol. The fraction of sp³-hybridized carbons (Fsp3) is 0.533. The number of carboxylic acids is 1. The van der Waals surface area contributed by atoms with Crippen molar-refractivity contribution in [3.8, 4) is 6.07 Å².